The molecule has 12 heavy (non-hydrogen) atoms. The van der Waals surface area contributed by atoms with Crippen molar-refractivity contribution in [3.8, 4) is 5.75 Å². The minimum atomic E-state index is 0.167. The smallest absolute Gasteiger partial charge is 0.138 e. The molecule has 1 heterocycles. The fourth-order valence-corrected chi connectivity index (χ4v) is 0.898. The van der Waals surface area contributed by atoms with Gasteiger partial charge < -0.3 is 5.11 Å². The van der Waals surface area contributed by atoms with E-state index in [1.165, 1.54) is 0 Å². The van der Waals surface area contributed by atoms with Gasteiger partial charge in [0.1, 0.15) is 5.75 Å². The fourth-order valence-electron chi connectivity index (χ4n) is 0.701. The van der Waals surface area contributed by atoms with Crippen molar-refractivity contribution in [1.82, 2.24) is 4.98 Å². The molecule has 0 unspecified atom stereocenters. The minimum Gasteiger partial charge on any atom is -0.506 e. The third-order valence-electron chi connectivity index (χ3n) is 1.22. The van der Waals surface area contributed by atoms with Crippen LogP contribution in [0.15, 0.2) is 12.1 Å². The molecule has 3 heteroatoms. The van der Waals surface area contributed by atoms with Crippen LogP contribution in [0.4, 0.5) is 0 Å². The highest BCUT2D eigenvalue weighted by Gasteiger charge is 1.99. The Kier molecular flexibility index (Phi) is 5.47. The van der Waals surface area contributed by atoms with E-state index in [9.17, 15) is 0 Å². The van der Waals surface area contributed by atoms with Crippen LogP contribution in [0, 0.1) is 6.92 Å². The Hall–Kier alpha value is -0.760. The predicted molar refractivity (Wildman–Crippen MR) is 51.5 cm³/mol. The van der Waals surface area contributed by atoms with E-state index in [4.69, 9.17) is 16.7 Å². The summed E-state index contributed by atoms with van der Waals surface area (Å²) >= 11 is 5.48. The van der Waals surface area contributed by atoms with E-state index in [0.717, 1.165) is 5.69 Å². The van der Waals surface area contributed by atoms with Crippen LogP contribution in [-0.4, -0.2) is 10.1 Å². The van der Waals surface area contributed by atoms with Gasteiger partial charge in [0.05, 0.1) is 11.6 Å². The molecule has 0 spiro atoms. The predicted octanol–water partition coefficient (Wildman–Crippen LogP) is 2.86. The maximum absolute atomic E-state index is 9.09. The molecule has 1 rings (SSSR count). The van der Waals surface area contributed by atoms with Crippen molar-refractivity contribution < 1.29 is 5.11 Å². The lowest BCUT2D eigenvalue weighted by molar-refractivity contribution is 0.466. The molecule has 0 atom stereocenters. The molecule has 1 aromatic heterocycles. The second kappa shape index (κ2) is 5.84. The van der Waals surface area contributed by atoms with Gasteiger partial charge in [-0.05, 0) is 19.1 Å². The summed E-state index contributed by atoms with van der Waals surface area (Å²) in [4.78, 5) is 4.01. The Morgan fingerprint density at radius 1 is 1.42 bits per heavy atom. The quantitative estimate of drug-likeness (QED) is 0.686. The molecule has 0 saturated heterocycles. The van der Waals surface area contributed by atoms with Crippen molar-refractivity contribution in [2.45, 2.75) is 26.7 Å². The Morgan fingerprint density at radius 3 is 2.42 bits per heavy atom. The number of pyridine rings is 1. The van der Waals surface area contributed by atoms with Gasteiger partial charge >= 0.3 is 0 Å². The van der Waals surface area contributed by atoms with Gasteiger partial charge in [0.25, 0.3) is 0 Å². The van der Waals surface area contributed by atoms with Gasteiger partial charge in [-0.2, -0.15) is 0 Å². The van der Waals surface area contributed by atoms with Crippen LogP contribution in [0.2, 0.25) is 0 Å². The van der Waals surface area contributed by atoms with E-state index < -0.39 is 0 Å². The summed E-state index contributed by atoms with van der Waals surface area (Å²) in [5.74, 6) is 0.425. The molecule has 68 valence electrons. The second-order valence-corrected chi connectivity index (χ2v) is 2.32. The Bertz CT molecular complexity index is 238. The summed E-state index contributed by atoms with van der Waals surface area (Å²) in [7, 11) is 0. The highest BCUT2D eigenvalue weighted by Crippen LogP contribution is 2.15. The van der Waals surface area contributed by atoms with Crippen molar-refractivity contribution in [3.05, 3.63) is 23.5 Å². The number of alkyl halides is 1. The van der Waals surface area contributed by atoms with E-state index in [-0.39, 0.29) is 11.6 Å². The number of halogens is 1. The lowest BCUT2D eigenvalue weighted by Crippen LogP contribution is -1.87. The van der Waals surface area contributed by atoms with E-state index in [0.29, 0.717) is 5.69 Å². The SMILES string of the molecule is CC.Cc1ccc(O)c(CCl)n1. The summed E-state index contributed by atoms with van der Waals surface area (Å²) in [5.41, 5.74) is 1.41. The molecular weight excluding hydrogens is 174 g/mol. The lowest BCUT2D eigenvalue weighted by Gasteiger charge is -1.98. The molecule has 1 aromatic rings. The molecule has 0 saturated carbocycles. The van der Waals surface area contributed by atoms with E-state index >= 15 is 0 Å². The standard InChI is InChI=1S/C7H8ClNO.C2H6/c1-5-2-3-7(10)6(4-8)9-5;1-2/h2-3,10H,4H2,1H3;1-2H3. The van der Waals surface area contributed by atoms with Crippen LogP contribution in [0.5, 0.6) is 5.75 Å². The Labute approximate surface area is 78.2 Å². The average molecular weight is 188 g/mol. The van der Waals surface area contributed by atoms with Crippen molar-refractivity contribution in [2.24, 2.45) is 0 Å². The average Bonchev–Trinajstić information content (AvgIpc) is 2.13. The van der Waals surface area contributed by atoms with E-state index in [2.05, 4.69) is 4.98 Å². The van der Waals surface area contributed by atoms with E-state index in [1.54, 1.807) is 12.1 Å². The first-order valence-corrected chi connectivity index (χ1v) is 4.49. The summed E-state index contributed by atoms with van der Waals surface area (Å²) in [6.45, 7) is 5.86. The van der Waals surface area contributed by atoms with E-state index in [1.807, 2.05) is 20.8 Å². The van der Waals surface area contributed by atoms with Gasteiger partial charge in [-0.15, -0.1) is 11.6 Å². The van der Waals surface area contributed by atoms with Crippen molar-refractivity contribution >= 4 is 11.6 Å². The van der Waals surface area contributed by atoms with Crippen LogP contribution < -0.4 is 0 Å². The van der Waals surface area contributed by atoms with Crippen LogP contribution >= 0.6 is 11.6 Å². The lowest BCUT2D eigenvalue weighted by atomic mass is 10.3. The Balaban J connectivity index is 0.000000561. The summed E-state index contributed by atoms with van der Waals surface area (Å²) in [6.07, 6.45) is 0. The highest BCUT2D eigenvalue weighted by molar-refractivity contribution is 6.17. The van der Waals surface area contributed by atoms with Crippen LogP contribution in [0.1, 0.15) is 25.2 Å². The first kappa shape index (κ1) is 11.2. The van der Waals surface area contributed by atoms with Gasteiger partial charge in [0.15, 0.2) is 0 Å². The molecule has 0 aliphatic rings. The van der Waals surface area contributed by atoms with Crippen LogP contribution in [0.3, 0.4) is 0 Å². The molecule has 2 nitrogen and oxygen atoms in total. The highest BCUT2D eigenvalue weighted by atomic mass is 35.5. The molecule has 1 N–H and O–H groups in total. The van der Waals surface area contributed by atoms with Crippen LogP contribution in [-0.2, 0) is 5.88 Å². The first-order valence-electron chi connectivity index (χ1n) is 3.95. The Morgan fingerprint density at radius 2 is 2.00 bits per heavy atom. The van der Waals surface area contributed by atoms with Gasteiger partial charge in [-0.1, -0.05) is 13.8 Å². The number of aromatic nitrogens is 1. The number of aromatic hydroxyl groups is 1. The first-order chi connectivity index (χ1) is 5.74. The maximum atomic E-state index is 9.09. The summed E-state index contributed by atoms with van der Waals surface area (Å²) < 4.78 is 0. The fraction of sp³-hybridized carbons (Fsp3) is 0.444. The number of rotatable bonds is 1. The van der Waals surface area contributed by atoms with Gasteiger partial charge in [-0.25, -0.2) is 0 Å². The summed E-state index contributed by atoms with van der Waals surface area (Å²) in [6, 6.07) is 3.34. The number of aryl methyl sites for hydroxylation is 1. The van der Waals surface area contributed by atoms with Gasteiger partial charge in [-0.3, -0.25) is 4.98 Å². The third kappa shape index (κ3) is 3.09. The number of nitrogens with zero attached hydrogens (tertiary/aromatic N) is 1. The maximum Gasteiger partial charge on any atom is 0.138 e. The molecule has 0 fully saturated rings. The molecule has 0 radical (unpaired) electrons. The topological polar surface area (TPSA) is 33.1 Å². The van der Waals surface area contributed by atoms with Crippen molar-refractivity contribution in [1.29, 1.82) is 0 Å². The normalized spacial score (nSPS) is 8.67. The van der Waals surface area contributed by atoms with Gasteiger partial charge in [0.2, 0.25) is 0 Å². The summed E-state index contributed by atoms with van der Waals surface area (Å²) in [5, 5.41) is 9.09. The van der Waals surface area contributed by atoms with Gasteiger partial charge in [0, 0.05) is 5.69 Å². The zero-order valence-electron chi connectivity index (χ0n) is 7.63. The third-order valence-corrected chi connectivity index (χ3v) is 1.47. The number of hydrogen-bond donors (Lipinski definition) is 1. The molecule has 0 bridgehead atoms. The monoisotopic (exact) mass is 187 g/mol. The molecule has 0 aromatic carbocycles. The molecule has 0 aliphatic heterocycles. The minimum absolute atomic E-state index is 0.167. The second-order valence-electron chi connectivity index (χ2n) is 2.05. The molecule has 0 amide bonds. The molecule has 0 aliphatic carbocycles. The number of hydrogen-bond acceptors (Lipinski definition) is 2. The molecular formula is C9H14ClNO. The largest absolute Gasteiger partial charge is 0.506 e. The van der Waals surface area contributed by atoms with Crippen molar-refractivity contribution in [3.63, 3.8) is 0 Å². The van der Waals surface area contributed by atoms with Crippen molar-refractivity contribution in [2.75, 3.05) is 0 Å². The zero-order chi connectivity index (χ0) is 9.56. The van der Waals surface area contributed by atoms with Crippen LogP contribution in [0.25, 0.3) is 0 Å². The zero-order valence-corrected chi connectivity index (χ0v) is 8.39.